The summed E-state index contributed by atoms with van der Waals surface area (Å²) in [7, 11) is 1.63. The number of para-hydroxylation sites is 1. The van der Waals surface area contributed by atoms with Crippen molar-refractivity contribution in [2.24, 2.45) is 0 Å². The van der Waals surface area contributed by atoms with Crippen LogP contribution >= 0.6 is 11.3 Å². The minimum atomic E-state index is -0.345. The highest BCUT2D eigenvalue weighted by atomic mass is 32.1. The zero-order valence-corrected chi connectivity index (χ0v) is 15.4. The third-order valence-corrected chi connectivity index (χ3v) is 5.44. The number of amides is 1. The number of aromatic nitrogens is 1. The molecule has 1 amide bonds. The highest BCUT2D eigenvalue weighted by Crippen LogP contribution is 2.37. The molecule has 1 unspecified atom stereocenters. The van der Waals surface area contributed by atoms with Crippen molar-refractivity contribution in [3.8, 4) is 5.75 Å². The minimum Gasteiger partial charge on any atom is -0.497 e. The van der Waals surface area contributed by atoms with Crippen molar-refractivity contribution in [2.45, 2.75) is 19.5 Å². The topological polar surface area (TPSA) is 54.5 Å². The SMILES string of the molecule is CCc1nc(C2Nc3ccccc3C(=O)N2c2ccc(OC)cc2)cs1. The van der Waals surface area contributed by atoms with E-state index in [2.05, 4.69) is 12.2 Å². The maximum Gasteiger partial charge on any atom is 0.262 e. The predicted octanol–water partition coefficient (Wildman–Crippen LogP) is 4.49. The van der Waals surface area contributed by atoms with E-state index in [-0.39, 0.29) is 12.1 Å². The van der Waals surface area contributed by atoms with Crippen molar-refractivity contribution in [2.75, 3.05) is 17.3 Å². The summed E-state index contributed by atoms with van der Waals surface area (Å²) in [4.78, 5) is 19.7. The van der Waals surface area contributed by atoms with E-state index in [1.807, 2.05) is 53.9 Å². The average Bonchev–Trinajstić information content (AvgIpc) is 3.17. The van der Waals surface area contributed by atoms with Gasteiger partial charge in [-0.2, -0.15) is 0 Å². The summed E-state index contributed by atoms with van der Waals surface area (Å²) < 4.78 is 5.24. The van der Waals surface area contributed by atoms with Crippen LogP contribution in [0, 0.1) is 0 Å². The zero-order valence-electron chi connectivity index (χ0n) is 14.6. The average molecular weight is 365 g/mol. The molecular formula is C20H19N3O2S. The summed E-state index contributed by atoms with van der Waals surface area (Å²) in [5.41, 5.74) is 3.14. The molecule has 1 aromatic heterocycles. The highest BCUT2D eigenvalue weighted by molar-refractivity contribution is 7.09. The maximum absolute atomic E-state index is 13.3. The number of anilines is 2. The first-order valence-electron chi connectivity index (χ1n) is 8.48. The molecule has 1 N–H and O–H groups in total. The van der Waals surface area contributed by atoms with Crippen molar-refractivity contribution in [3.63, 3.8) is 0 Å². The van der Waals surface area contributed by atoms with Crippen molar-refractivity contribution in [1.82, 2.24) is 4.98 Å². The molecule has 132 valence electrons. The molecule has 0 radical (unpaired) electrons. The van der Waals surface area contributed by atoms with E-state index in [1.54, 1.807) is 23.3 Å². The number of aryl methyl sites for hydroxylation is 1. The fourth-order valence-corrected chi connectivity index (χ4v) is 3.85. The number of benzene rings is 2. The summed E-state index contributed by atoms with van der Waals surface area (Å²) in [5, 5.41) is 6.56. The van der Waals surface area contributed by atoms with Crippen molar-refractivity contribution < 1.29 is 9.53 Å². The normalized spacial score (nSPS) is 16.2. The number of methoxy groups -OCH3 is 1. The molecule has 0 fully saturated rings. The number of thiazole rings is 1. The van der Waals surface area contributed by atoms with Gasteiger partial charge in [0.15, 0.2) is 6.17 Å². The Morgan fingerprint density at radius 2 is 1.96 bits per heavy atom. The van der Waals surface area contributed by atoms with Gasteiger partial charge >= 0.3 is 0 Å². The smallest absolute Gasteiger partial charge is 0.262 e. The van der Waals surface area contributed by atoms with Crippen LogP contribution in [0.4, 0.5) is 11.4 Å². The Kier molecular flexibility index (Phi) is 4.34. The summed E-state index contributed by atoms with van der Waals surface area (Å²) in [6.45, 7) is 2.08. The Morgan fingerprint density at radius 3 is 2.65 bits per heavy atom. The lowest BCUT2D eigenvalue weighted by Gasteiger charge is -2.37. The van der Waals surface area contributed by atoms with Gasteiger partial charge in [0.25, 0.3) is 5.91 Å². The number of fused-ring (bicyclic) bond motifs is 1. The van der Waals surface area contributed by atoms with Gasteiger partial charge in [-0.1, -0.05) is 19.1 Å². The molecule has 0 bridgehead atoms. The molecule has 2 aromatic carbocycles. The molecule has 26 heavy (non-hydrogen) atoms. The van der Waals surface area contributed by atoms with Crippen LogP contribution in [-0.2, 0) is 6.42 Å². The van der Waals surface area contributed by atoms with E-state index in [9.17, 15) is 4.79 Å². The lowest BCUT2D eigenvalue weighted by Crippen LogP contribution is -2.43. The molecular weight excluding hydrogens is 346 g/mol. The molecule has 3 aromatic rings. The number of ether oxygens (including phenoxy) is 1. The largest absolute Gasteiger partial charge is 0.497 e. The second kappa shape index (κ2) is 6.80. The molecule has 0 spiro atoms. The lowest BCUT2D eigenvalue weighted by molar-refractivity contribution is 0.0974. The van der Waals surface area contributed by atoms with Gasteiger partial charge in [0.1, 0.15) is 5.75 Å². The predicted molar refractivity (Wildman–Crippen MR) is 104 cm³/mol. The van der Waals surface area contributed by atoms with E-state index in [0.717, 1.165) is 34.2 Å². The van der Waals surface area contributed by atoms with Crippen LogP contribution in [-0.4, -0.2) is 18.0 Å². The van der Waals surface area contributed by atoms with Crippen LogP contribution in [0.25, 0.3) is 0 Å². The van der Waals surface area contributed by atoms with E-state index >= 15 is 0 Å². The fraction of sp³-hybridized carbons (Fsp3) is 0.200. The van der Waals surface area contributed by atoms with Gasteiger partial charge < -0.3 is 10.1 Å². The van der Waals surface area contributed by atoms with Gasteiger partial charge in [0.2, 0.25) is 0 Å². The monoisotopic (exact) mass is 365 g/mol. The van der Waals surface area contributed by atoms with Crippen LogP contribution in [0.1, 0.15) is 34.1 Å². The van der Waals surface area contributed by atoms with E-state index in [0.29, 0.717) is 5.56 Å². The van der Waals surface area contributed by atoms with Gasteiger partial charge in [-0.05, 0) is 42.8 Å². The van der Waals surface area contributed by atoms with Crippen molar-refractivity contribution in [3.05, 3.63) is 70.2 Å². The van der Waals surface area contributed by atoms with Gasteiger partial charge in [0.05, 0.1) is 23.4 Å². The molecule has 6 heteroatoms. The summed E-state index contributed by atoms with van der Waals surface area (Å²) in [6.07, 6.45) is 0.534. The number of carbonyl (C=O) groups is 1. The molecule has 0 saturated carbocycles. The Balaban J connectivity index is 1.81. The number of hydrogen-bond donors (Lipinski definition) is 1. The first kappa shape index (κ1) is 16.6. The molecule has 1 atom stereocenters. The first-order valence-corrected chi connectivity index (χ1v) is 9.36. The lowest BCUT2D eigenvalue weighted by atomic mass is 10.1. The maximum atomic E-state index is 13.3. The quantitative estimate of drug-likeness (QED) is 0.740. The Bertz CT molecular complexity index is 936. The standard InChI is InChI=1S/C20H19N3O2S/c1-3-18-21-17(12-26-18)19-22-16-7-5-4-6-15(16)20(24)23(19)13-8-10-14(25-2)11-9-13/h4-12,19,22H,3H2,1-2H3. The Labute approximate surface area is 156 Å². The van der Waals surface area contributed by atoms with Gasteiger partial charge in [-0.3, -0.25) is 9.69 Å². The number of nitrogens with one attached hydrogen (secondary N) is 1. The van der Waals surface area contributed by atoms with Crippen molar-refractivity contribution in [1.29, 1.82) is 0 Å². The van der Waals surface area contributed by atoms with Gasteiger partial charge in [-0.25, -0.2) is 4.98 Å². The van der Waals surface area contributed by atoms with Crippen LogP contribution < -0.4 is 15.0 Å². The number of rotatable bonds is 4. The molecule has 0 aliphatic carbocycles. The minimum absolute atomic E-state index is 0.0411. The molecule has 4 rings (SSSR count). The zero-order chi connectivity index (χ0) is 18.1. The molecule has 2 heterocycles. The highest BCUT2D eigenvalue weighted by Gasteiger charge is 2.35. The number of nitrogens with zero attached hydrogens (tertiary/aromatic N) is 2. The second-order valence-electron chi connectivity index (χ2n) is 5.99. The van der Waals surface area contributed by atoms with E-state index in [1.165, 1.54) is 0 Å². The van der Waals surface area contributed by atoms with Crippen LogP contribution in [0.15, 0.2) is 53.9 Å². The molecule has 0 saturated heterocycles. The first-order chi connectivity index (χ1) is 12.7. The van der Waals surface area contributed by atoms with E-state index < -0.39 is 0 Å². The third-order valence-electron chi connectivity index (χ3n) is 4.43. The van der Waals surface area contributed by atoms with Crippen LogP contribution in [0.3, 0.4) is 0 Å². The van der Waals surface area contributed by atoms with Crippen LogP contribution in [0.5, 0.6) is 5.75 Å². The molecule has 1 aliphatic rings. The third kappa shape index (κ3) is 2.82. The summed E-state index contributed by atoms with van der Waals surface area (Å²) >= 11 is 1.62. The molecule has 5 nitrogen and oxygen atoms in total. The molecule has 1 aliphatic heterocycles. The number of carbonyl (C=O) groups excluding carboxylic acids is 1. The second-order valence-corrected chi connectivity index (χ2v) is 6.93. The van der Waals surface area contributed by atoms with E-state index in [4.69, 9.17) is 9.72 Å². The Hall–Kier alpha value is -2.86. The van der Waals surface area contributed by atoms with Gasteiger partial charge in [0, 0.05) is 16.8 Å². The fourth-order valence-electron chi connectivity index (χ4n) is 3.08. The van der Waals surface area contributed by atoms with Crippen LogP contribution in [0.2, 0.25) is 0 Å². The van der Waals surface area contributed by atoms with Crippen molar-refractivity contribution >= 4 is 28.6 Å². The number of hydrogen-bond acceptors (Lipinski definition) is 5. The Morgan fingerprint density at radius 1 is 1.19 bits per heavy atom. The summed E-state index contributed by atoms with van der Waals surface area (Å²) in [6, 6.07) is 15.1. The van der Waals surface area contributed by atoms with Gasteiger partial charge in [-0.15, -0.1) is 11.3 Å². The summed E-state index contributed by atoms with van der Waals surface area (Å²) in [5.74, 6) is 0.714.